The summed E-state index contributed by atoms with van der Waals surface area (Å²) in [5, 5.41) is 3.98. The van der Waals surface area contributed by atoms with Gasteiger partial charge in [0.25, 0.3) is 0 Å². The Kier molecular flexibility index (Phi) is 4.92. The van der Waals surface area contributed by atoms with E-state index in [-0.39, 0.29) is 0 Å². The van der Waals surface area contributed by atoms with Crippen molar-refractivity contribution in [3.63, 3.8) is 0 Å². The Morgan fingerprint density at radius 2 is 2.11 bits per heavy atom. The van der Waals surface area contributed by atoms with E-state index in [0.29, 0.717) is 17.5 Å². The summed E-state index contributed by atoms with van der Waals surface area (Å²) in [6, 6.07) is 9.78. The number of likely N-dealkylation sites (N-methyl/N-ethyl adjacent to an activating group) is 1. The lowest BCUT2D eigenvalue weighted by atomic mass is 10.3. The summed E-state index contributed by atoms with van der Waals surface area (Å²) < 4.78 is 10.1. The summed E-state index contributed by atoms with van der Waals surface area (Å²) in [5.74, 6) is 0.888. The van der Waals surface area contributed by atoms with Crippen molar-refractivity contribution in [1.29, 1.82) is 0 Å². The van der Waals surface area contributed by atoms with Crippen molar-refractivity contribution in [3.05, 3.63) is 40.4 Å². The zero-order valence-corrected chi connectivity index (χ0v) is 11.6. The molecule has 96 valence electrons. The number of para-hydroxylation sites is 1. The van der Waals surface area contributed by atoms with Crippen LogP contribution < -0.4 is 4.74 Å². The van der Waals surface area contributed by atoms with Gasteiger partial charge in [0.05, 0.1) is 0 Å². The highest BCUT2D eigenvalue weighted by atomic mass is 35.5. The van der Waals surface area contributed by atoms with E-state index in [2.05, 4.69) is 14.5 Å². The Morgan fingerprint density at radius 3 is 2.78 bits per heavy atom. The average Bonchev–Trinajstić information content (AvgIpc) is 2.76. The lowest BCUT2D eigenvalue weighted by Crippen LogP contribution is -2.24. The van der Waals surface area contributed by atoms with Crippen molar-refractivity contribution in [3.8, 4) is 5.75 Å². The van der Waals surface area contributed by atoms with E-state index < -0.39 is 0 Å². The van der Waals surface area contributed by atoms with E-state index in [4.69, 9.17) is 16.3 Å². The Hall–Kier alpha value is -1.17. The van der Waals surface area contributed by atoms with Crippen LogP contribution in [0.4, 0.5) is 0 Å². The molecule has 1 heterocycles. The molecule has 0 saturated carbocycles. The number of halogens is 1. The highest BCUT2D eigenvalue weighted by Gasteiger charge is 2.08. The van der Waals surface area contributed by atoms with Gasteiger partial charge in [0.2, 0.25) is 0 Å². The minimum Gasteiger partial charge on any atom is -0.492 e. The van der Waals surface area contributed by atoms with Crippen molar-refractivity contribution in [1.82, 2.24) is 14.5 Å². The molecule has 0 atom stereocenters. The number of nitrogens with zero attached hydrogens (tertiary/aromatic N) is 3. The molecular weight excluding hydrogens is 270 g/mol. The molecule has 1 aromatic carbocycles. The summed E-state index contributed by atoms with van der Waals surface area (Å²) in [6.45, 7) is 2.13. The topological polar surface area (TPSA) is 38.2 Å². The third kappa shape index (κ3) is 3.94. The van der Waals surface area contributed by atoms with Gasteiger partial charge in [0.1, 0.15) is 22.4 Å². The van der Waals surface area contributed by atoms with Crippen LogP contribution in [0.25, 0.3) is 0 Å². The molecule has 0 aliphatic rings. The molecule has 0 aliphatic carbocycles. The monoisotopic (exact) mass is 283 g/mol. The first-order valence-corrected chi connectivity index (χ1v) is 6.74. The molecule has 2 rings (SSSR count). The van der Waals surface area contributed by atoms with Gasteiger partial charge in [-0.3, -0.25) is 4.90 Å². The van der Waals surface area contributed by atoms with Crippen LogP contribution >= 0.6 is 23.1 Å². The van der Waals surface area contributed by atoms with Crippen LogP contribution in [0.2, 0.25) is 4.34 Å². The van der Waals surface area contributed by atoms with Crippen LogP contribution in [-0.2, 0) is 6.54 Å². The standard InChI is InChI=1S/C12H14ClN3OS/c1-16(9-11-12(13)18-15-14-11)7-8-17-10-5-3-2-4-6-10/h2-6H,7-9H2,1H3. The molecule has 0 radical (unpaired) electrons. The molecular formula is C12H14ClN3OS. The number of aromatic nitrogens is 2. The van der Waals surface area contributed by atoms with Gasteiger partial charge in [-0.25, -0.2) is 0 Å². The van der Waals surface area contributed by atoms with E-state index >= 15 is 0 Å². The highest BCUT2D eigenvalue weighted by Crippen LogP contribution is 2.18. The molecule has 0 unspecified atom stereocenters. The Balaban J connectivity index is 1.72. The van der Waals surface area contributed by atoms with Gasteiger partial charge in [-0.1, -0.05) is 34.3 Å². The average molecular weight is 284 g/mol. The minimum atomic E-state index is 0.635. The molecule has 0 fully saturated rings. The third-order valence-corrected chi connectivity index (χ3v) is 3.40. The summed E-state index contributed by atoms with van der Waals surface area (Å²) in [7, 11) is 2.00. The van der Waals surface area contributed by atoms with Crippen LogP contribution in [0, 0.1) is 0 Å². The van der Waals surface area contributed by atoms with Gasteiger partial charge in [-0.05, 0) is 19.2 Å². The molecule has 0 aliphatic heterocycles. The van der Waals surface area contributed by atoms with Crippen LogP contribution in [0.1, 0.15) is 5.69 Å². The van der Waals surface area contributed by atoms with E-state index in [1.165, 1.54) is 11.5 Å². The molecule has 18 heavy (non-hydrogen) atoms. The Morgan fingerprint density at radius 1 is 1.33 bits per heavy atom. The van der Waals surface area contributed by atoms with Crippen molar-refractivity contribution < 1.29 is 4.74 Å². The maximum atomic E-state index is 5.95. The first-order chi connectivity index (χ1) is 8.75. The molecule has 0 spiro atoms. The zero-order valence-electron chi connectivity index (χ0n) is 10.0. The number of rotatable bonds is 6. The van der Waals surface area contributed by atoms with E-state index in [0.717, 1.165) is 18.0 Å². The smallest absolute Gasteiger partial charge is 0.138 e. The lowest BCUT2D eigenvalue weighted by molar-refractivity contribution is 0.231. The largest absolute Gasteiger partial charge is 0.492 e. The molecule has 1 aromatic heterocycles. The maximum Gasteiger partial charge on any atom is 0.138 e. The number of hydrogen-bond acceptors (Lipinski definition) is 5. The minimum absolute atomic E-state index is 0.635. The van der Waals surface area contributed by atoms with Crippen LogP contribution in [0.15, 0.2) is 30.3 Å². The Bertz CT molecular complexity index is 477. The van der Waals surface area contributed by atoms with Gasteiger partial charge >= 0.3 is 0 Å². The normalized spacial score (nSPS) is 10.8. The fourth-order valence-corrected chi connectivity index (χ4v) is 2.07. The van der Waals surface area contributed by atoms with Gasteiger partial charge in [-0.15, -0.1) is 5.10 Å². The molecule has 0 bridgehead atoms. The first kappa shape index (κ1) is 13.3. The number of ether oxygens (including phenoxy) is 1. The summed E-state index contributed by atoms with van der Waals surface area (Å²) in [5.41, 5.74) is 0.823. The van der Waals surface area contributed by atoms with Gasteiger partial charge in [0, 0.05) is 24.6 Å². The zero-order chi connectivity index (χ0) is 12.8. The third-order valence-electron chi connectivity index (χ3n) is 2.41. The lowest BCUT2D eigenvalue weighted by Gasteiger charge is -2.15. The fourth-order valence-electron chi connectivity index (χ4n) is 1.46. The molecule has 0 saturated heterocycles. The molecule has 0 amide bonds. The van der Waals surface area contributed by atoms with Crippen LogP contribution in [0.3, 0.4) is 0 Å². The van der Waals surface area contributed by atoms with Crippen molar-refractivity contribution in [2.75, 3.05) is 20.2 Å². The van der Waals surface area contributed by atoms with E-state index in [1.54, 1.807) is 0 Å². The Labute approximate surface area is 115 Å². The second-order valence-electron chi connectivity index (χ2n) is 3.89. The van der Waals surface area contributed by atoms with Gasteiger partial charge < -0.3 is 4.74 Å². The van der Waals surface area contributed by atoms with Gasteiger partial charge in [-0.2, -0.15) is 0 Å². The predicted octanol–water partition coefficient (Wildman–Crippen LogP) is 2.70. The van der Waals surface area contributed by atoms with Crippen molar-refractivity contribution in [2.24, 2.45) is 0 Å². The molecule has 4 nitrogen and oxygen atoms in total. The predicted molar refractivity (Wildman–Crippen MR) is 73.2 cm³/mol. The fraction of sp³-hybridized carbons (Fsp3) is 0.333. The van der Waals surface area contributed by atoms with E-state index in [9.17, 15) is 0 Å². The highest BCUT2D eigenvalue weighted by molar-refractivity contribution is 7.10. The summed E-state index contributed by atoms with van der Waals surface area (Å²) >= 11 is 7.16. The van der Waals surface area contributed by atoms with Crippen LogP contribution in [-0.4, -0.2) is 34.7 Å². The van der Waals surface area contributed by atoms with Crippen LogP contribution in [0.5, 0.6) is 5.75 Å². The molecule has 0 N–H and O–H groups in total. The van der Waals surface area contributed by atoms with Gasteiger partial charge in [0.15, 0.2) is 0 Å². The molecule has 2 aromatic rings. The second-order valence-corrected chi connectivity index (χ2v) is 5.25. The summed E-state index contributed by atoms with van der Waals surface area (Å²) in [6.07, 6.45) is 0. The quantitative estimate of drug-likeness (QED) is 0.817. The number of benzene rings is 1. The number of hydrogen-bond donors (Lipinski definition) is 0. The van der Waals surface area contributed by atoms with Crippen molar-refractivity contribution >= 4 is 23.1 Å². The van der Waals surface area contributed by atoms with E-state index in [1.807, 2.05) is 37.4 Å². The second kappa shape index (κ2) is 6.68. The SMILES string of the molecule is CN(CCOc1ccccc1)Cc1nnsc1Cl. The van der Waals surface area contributed by atoms with Crippen molar-refractivity contribution in [2.45, 2.75) is 6.54 Å². The maximum absolute atomic E-state index is 5.95. The molecule has 6 heteroatoms. The summed E-state index contributed by atoms with van der Waals surface area (Å²) in [4.78, 5) is 2.10. The first-order valence-electron chi connectivity index (χ1n) is 5.59.